The smallest absolute Gasteiger partial charge is 0.338 e. The summed E-state index contributed by atoms with van der Waals surface area (Å²) in [4.78, 5) is 12.2. The molecule has 1 unspecified atom stereocenters. The molecule has 0 aromatic heterocycles. The van der Waals surface area contributed by atoms with E-state index in [1.165, 1.54) is 5.56 Å². The molecule has 0 bridgehead atoms. The Hall–Kier alpha value is -0.840. The van der Waals surface area contributed by atoms with Gasteiger partial charge in [0, 0.05) is 3.92 Å². The number of hydrogen-bond donors (Lipinski definition) is 0. The fourth-order valence-corrected chi connectivity index (χ4v) is 2.86. The molecule has 0 aliphatic heterocycles. The molecule has 1 aliphatic carbocycles. The first-order valence-electron chi connectivity index (χ1n) is 6.67. The van der Waals surface area contributed by atoms with Crippen molar-refractivity contribution in [2.24, 2.45) is 0 Å². The van der Waals surface area contributed by atoms with Gasteiger partial charge >= 0.3 is 5.97 Å². The molecule has 1 saturated carbocycles. The van der Waals surface area contributed by atoms with Gasteiger partial charge in [0.15, 0.2) is 0 Å². The summed E-state index contributed by atoms with van der Waals surface area (Å²) in [5.41, 5.74) is 1.40. The summed E-state index contributed by atoms with van der Waals surface area (Å²) in [6.45, 7) is 5.94. The molecule has 19 heavy (non-hydrogen) atoms. The topological polar surface area (TPSA) is 26.3 Å². The van der Waals surface area contributed by atoms with Gasteiger partial charge in [-0.2, -0.15) is 0 Å². The maximum Gasteiger partial charge on any atom is 0.338 e. The van der Waals surface area contributed by atoms with Crippen LogP contribution >= 0.6 is 22.6 Å². The highest BCUT2D eigenvalue weighted by molar-refractivity contribution is 14.1. The summed E-state index contributed by atoms with van der Waals surface area (Å²) in [6, 6.07) is 7.67. The van der Waals surface area contributed by atoms with Crippen LogP contribution in [0.2, 0.25) is 0 Å². The summed E-state index contributed by atoms with van der Waals surface area (Å²) < 4.78 is 6.12. The largest absolute Gasteiger partial charge is 0.451 e. The summed E-state index contributed by atoms with van der Waals surface area (Å²) in [7, 11) is 0. The van der Waals surface area contributed by atoms with E-state index in [1.54, 1.807) is 6.08 Å². The van der Waals surface area contributed by atoms with Crippen LogP contribution in [0, 0.1) is 0 Å². The summed E-state index contributed by atoms with van der Waals surface area (Å²) in [6.07, 6.45) is 5.78. The van der Waals surface area contributed by atoms with E-state index < -0.39 is 5.60 Å². The Labute approximate surface area is 128 Å². The number of carbonyl (C=O) groups excluding carboxylic acids is 1. The number of halogens is 1. The highest BCUT2D eigenvalue weighted by atomic mass is 127. The van der Waals surface area contributed by atoms with Crippen LogP contribution in [0.15, 0.2) is 36.9 Å². The van der Waals surface area contributed by atoms with Gasteiger partial charge in [-0.05, 0) is 56.4 Å². The SMILES string of the molecule is C=CC1(OC(=O)c2ccc(C(C)I)cc2)CCCC1. The minimum Gasteiger partial charge on any atom is -0.451 e. The molecular weight excluding hydrogens is 351 g/mol. The van der Waals surface area contributed by atoms with E-state index in [2.05, 4.69) is 36.1 Å². The Morgan fingerprint density at radius 1 is 1.37 bits per heavy atom. The van der Waals surface area contributed by atoms with Gasteiger partial charge in [-0.15, -0.1) is 0 Å². The Morgan fingerprint density at radius 2 is 1.95 bits per heavy atom. The number of hydrogen-bond acceptors (Lipinski definition) is 2. The normalized spacial score (nSPS) is 18.8. The predicted octanol–water partition coefficient (Wildman–Crippen LogP) is 4.84. The van der Waals surface area contributed by atoms with E-state index in [0.717, 1.165) is 25.7 Å². The van der Waals surface area contributed by atoms with Crippen molar-refractivity contribution < 1.29 is 9.53 Å². The minimum atomic E-state index is -0.438. The molecular formula is C16H19IO2. The average molecular weight is 370 g/mol. The second kappa shape index (κ2) is 6.07. The monoisotopic (exact) mass is 370 g/mol. The Morgan fingerprint density at radius 3 is 2.42 bits per heavy atom. The zero-order chi connectivity index (χ0) is 13.9. The number of alkyl halides is 1. The summed E-state index contributed by atoms with van der Waals surface area (Å²) >= 11 is 2.36. The van der Waals surface area contributed by atoms with Crippen molar-refractivity contribution in [1.29, 1.82) is 0 Å². The fraction of sp³-hybridized carbons (Fsp3) is 0.438. The van der Waals surface area contributed by atoms with Crippen LogP contribution in [-0.4, -0.2) is 11.6 Å². The molecule has 2 rings (SSSR count). The van der Waals surface area contributed by atoms with E-state index in [1.807, 2.05) is 24.3 Å². The van der Waals surface area contributed by atoms with E-state index in [0.29, 0.717) is 9.49 Å². The van der Waals surface area contributed by atoms with Gasteiger partial charge in [-0.25, -0.2) is 4.79 Å². The van der Waals surface area contributed by atoms with Crippen molar-refractivity contribution in [3.8, 4) is 0 Å². The lowest BCUT2D eigenvalue weighted by molar-refractivity contribution is 0.00670. The van der Waals surface area contributed by atoms with Gasteiger partial charge in [0.05, 0.1) is 5.56 Å². The van der Waals surface area contributed by atoms with Crippen LogP contribution in [-0.2, 0) is 4.74 Å². The van der Waals surface area contributed by atoms with Crippen molar-refractivity contribution in [2.75, 3.05) is 0 Å². The predicted molar refractivity (Wildman–Crippen MR) is 85.7 cm³/mol. The Bertz CT molecular complexity index is 456. The van der Waals surface area contributed by atoms with Gasteiger partial charge in [0.2, 0.25) is 0 Å². The molecule has 0 heterocycles. The standard InChI is InChI=1S/C16H19IO2/c1-3-16(10-4-5-11-16)19-15(18)14-8-6-13(7-9-14)12(2)17/h3,6-9,12H,1,4-5,10-11H2,2H3. The zero-order valence-corrected chi connectivity index (χ0v) is 13.4. The second-order valence-electron chi connectivity index (χ2n) is 5.10. The number of esters is 1. The van der Waals surface area contributed by atoms with Crippen LogP contribution in [0.5, 0.6) is 0 Å². The third-order valence-electron chi connectivity index (χ3n) is 3.72. The van der Waals surface area contributed by atoms with E-state index in [4.69, 9.17) is 4.74 Å². The van der Waals surface area contributed by atoms with Crippen molar-refractivity contribution in [3.05, 3.63) is 48.0 Å². The molecule has 0 radical (unpaired) electrons. The second-order valence-corrected chi connectivity index (χ2v) is 6.97. The first kappa shape index (κ1) is 14.6. The Balaban J connectivity index is 2.09. The van der Waals surface area contributed by atoms with E-state index in [-0.39, 0.29) is 5.97 Å². The van der Waals surface area contributed by atoms with Crippen molar-refractivity contribution in [3.63, 3.8) is 0 Å². The minimum absolute atomic E-state index is 0.241. The molecule has 2 nitrogen and oxygen atoms in total. The average Bonchev–Trinajstić information content (AvgIpc) is 2.88. The van der Waals surface area contributed by atoms with Gasteiger partial charge in [0.25, 0.3) is 0 Å². The molecule has 1 aliphatic rings. The molecule has 0 amide bonds. The maximum absolute atomic E-state index is 12.2. The fourth-order valence-electron chi connectivity index (χ4n) is 2.45. The summed E-state index contributed by atoms with van der Waals surface area (Å²) in [5.74, 6) is -0.241. The van der Waals surface area contributed by atoms with Crippen LogP contribution in [0.1, 0.15) is 52.5 Å². The molecule has 0 spiro atoms. The van der Waals surface area contributed by atoms with Crippen molar-refractivity contribution in [1.82, 2.24) is 0 Å². The maximum atomic E-state index is 12.2. The first-order valence-corrected chi connectivity index (χ1v) is 7.92. The first-order chi connectivity index (χ1) is 9.06. The molecule has 1 aromatic carbocycles. The number of rotatable bonds is 4. The van der Waals surface area contributed by atoms with Crippen LogP contribution in [0.25, 0.3) is 0 Å². The lowest BCUT2D eigenvalue weighted by Gasteiger charge is -2.25. The highest BCUT2D eigenvalue weighted by Gasteiger charge is 2.34. The summed E-state index contributed by atoms with van der Waals surface area (Å²) in [5, 5.41) is 0. The van der Waals surface area contributed by atoms with E-state index >= 15 is 0 Å². The lowest BCUT2D eigenvalue weighted by Crippen LogP contribution is -2.29. The van der Waals surface area contributed by atoms with Gasteiger partial charge in [-0.3, -0.25) is 0 Å². The molecule has 3 heteroatoms. The van der Waals surface area contributed by atoms with Gasteiger partial charge in [0.1, 0.15) is 5.60 Å². The van der Waals surface area contributed by atoms with E-state index in [9.17, 15) is 4.79 Å². The number of benzene rings is 1. The van der Waals surface area contributed by atoms with Crippen molar-refractivity contribution in [2.45, 2.75) is 42.1 Å². The molecule has 102 valence electrons. The lowest BCUT2D eigenvalue weighted by atomic mass is 10.0. The number of carbonyl (C=O) groups is 1. The third kappa shape index (κ3) is 3.38. The highest BCUT2D eigenvalue weighted by Crippen LogP contribution is 2.35. The number of ether oxygens (including phenoxy) is 1. The Kier molecular flexibility index (Phi) is 4.66. The molecule has 1 atom stereocenters. The molecule has 0 N–H and O–H groups in total. The van der Waals surface area contributed by atoms with Crippen molar-refractivity contribution >= 4 is 28.6 Å². The molecule has 1 aromatic rings. The molecule has 1 fully saturated rings. The zero-order valence-electron chi connectivity index (χ0n) is 11.2. The van der Waals surface area contributed by atoms with Gasteiger partial charge < -0.3 is 4.74 Å². The quantitative estimate of drug-likeness (QED) is 0.328. The van der Waals surface area contributed by atoms with Gasteiger partial charge in [-0.1, -0.05) is 41.3 Å². The van der Waals surface area contributed by atoms with Crippen LogP contribution < -0.4 is 0 Å². The van der Waals surface area contributed by atoms with Crippen LogP contribution in [0.3, 0.4) is 0 Å². The third-order valence-corrected chi connectivity index (χ3v) is 4.44. The molecule has 0 saturated heterocycles. The van der Waals surface area contributed by atoms with Crippen LogP contribution in [0.4, 0.5) is 0 Å².